The SMILES string of the molecule is N#Cc1cc(N)c(CC(=O)O)cc1Br. The summed E-state index contributed by atoms with van der Waals surface area (Å²) in [4.78, 5) is 10.5. The van der Waals surface area contributed by atoms with Crippen LogP contribution < -0.4 is 5.73 Å². The molecule has 0 atom stereocenters. The van der Waals surface area contributed by atoms with Crippen LogP contribution in [0.15, 0.2) is 16.6 Å². The first-order chi connectivity index (χ1) is 6.54. The van der Waals surface area contributed by atoms with E-state index < -0.39 is 5.97 Å². The van der Waals surface area contributed by atoms with Crippen molar-refractivity contribution in [3.63, 3.8) is 0 Å². The van der Waals surface area contributed by atoms with Crippen molar-refractivity contribution < 1.29 is 9.90 Å². The summed E-state index contributed by atoms with van der Waals surface area (Å²) < 4.78 is 0.561. The van der Waals surface area contributed by atoms with E-state index in [9.17, 15) is 4.79 Å². The van der Waals surface area contributed by atoms with Crippen molar-refractivity contribution in [3.8, 4) is 6.07 Å². The summed E-state index contributed by atoms with van der Waals surface area (Å²) in [7, 11) is 0. The number of carboxylic acids is 1. The van der Waals surface area contributed by atoms with Gasteiger partial charge in [-0.3, -0.25) is 4.79 Å². The highest BCUT2D eigenvalue weighted by Crippen LogP contribution is 2.23. The van der Waals surface area contributed by atoms with Crippen LogP contribution >= 0.6 is 15.9 Å². The van der Waals surface area contributed by atoms with E-state index in [1.54, 1.807) is 6.07 Å². The molecule has 14 heavy (non-hydrogen) atoms. The van der Waals surface area contributed by atoms with Gasteiger partial charge in [-0.05, 0) is 33.6 Å². The van der Waals surface area contributed by atoms with Crippen molar-refractivity contribution in [2.75, 3.05) is 5.73 Å². The molecule has 0 amide bonds. The molecular formula is C9H7BrN2O2. The molecule has 72 valence electrons. The number of nitriles is 1. The Labute approximate surface area is 89.1 Å². The minimum atomic E-state index is -0.951. The Bertz CT molecular complexity index is 424. The Morgan fingerprint density at radius 2 is 2.29 bits per heavy atom. The minimum absolute atomic E-state index is 0.143. The second-order valence-electron chi connectivity index (χ2n) is 2.71. The van der Waals surface area contributed by atoms with Crippen molar-refractivity contribution in [2.45, 2.75) is 6.42 Å². The maximum absolute atomic E-state index is 10.5. The second-order valence-corrected chi connectivity index (χ2v) is 3.57. The Morgan fingerprint density at radius 3 is 2.79 bits per heavy atom. The summed E-state index contributed by atoms with van der Waals surface area (Å²) in [5, 5.41) is 17.2. The maximum Gasteiger partial charge on any atom is 0.307 e. The monoisotopic (exact) mass is 254 g/mol. The summed E-state index contributed by atoms with van der Waals surface area (Å²) in [5.41, 5.74) is 6.81. The minimum Gasteiger partial charge on any atom is -0.481 e. The molecule has 0 unspecified atom stereocenters. The average molecular weight is 255 g/mol. The van der Waals surface area contributed by atoms with Crippen LogP contribution in [0.5, 0.6) is 0 Å². The molecule has 4 nitrogen and oxygen atoms in total. The molecule has 0 bridgehead atoms. The molecule has 1 aromatic carbocycles. The van der Waals surface area contributed by atoms with Crippen LogP contribution in [0, 0.1) is 11.3 Å². The highest BCUT2D eigenvalue weighted by atomic mass is 79.9. The number of benzene rings is 1. The molecule has 0 spiro atoms. The van der Waals surface area contributed by atoms with E-state index >= 15 is 0 Å². The van der Waals surface area contributed by atoms with E-state index in [2.05, 4.69) is 15.9 Å². The van der Waals surface area contributed by atoms with Gasteiger partial charge < -0.3 is 10.8 Å². The lowest BCUT2D eigenvalue weighted by Gasteiger charge is -2.04. The van der Waals surface area contributed by atoms with Crippen molar-refractivity contribution in [1.29, 1.82) is 5.26 Å². The molecule has 5 heteroatoms. The number of nitrogens with zero attached hydrogens (tertiary/aromatic N) is 1. The van der Waals surface area contributed by atoms with Crippen LogP contribution in [0.1, 0.15) is 11.1 Å². The first kappa shape index (κ1) is 10.5. The van der Waals surface area contributed by atoms with E-state index in [1.165, 1.54) is 6.07 Å². The number of nitrogens with two attached hydrogens (primary N) is 1. The topological polar surface area (TPSA) is 87.1 Å². The van der Waals surface area contributed by atoms with Gasteiger partial charge in [-0.1, -0.05) is 0 Å². The smallest absolute Gasteiger partial charge is 0.307 e. The van der Waals surface area contributed by atoms with Gasteiger partial charge in [-0.15, -0.1) is 0 Å². The first-order valence-corrected chi connectivity index (χ1v) is 4.53. The van der Waals surface area contributed by atoms with Crippen LogP contribution in [0.4, 0.5) is 5.69 Å². The van der Waals surface area contributed by atoms with Gasteiger partial charge in [0.05, 0.1) is 12.0 Å². The van der Waals surface area contributed by atoms with E-state index in [0.717, 1.165) is 0 Å². The number of hydrogen-bond donors (Lipinski definition) is 2. The molecular weight excluding hydrogens is 248 g/mol. The number of carboxylic acid groups (broad SMARTS) is 1. The zero-order chi connectivity index (χ0) is 10.7. The second kappa shape index (κ2) is 4.11. The number of rotatable bonds is 2. The molecule has 0 saturated heterocycles. The van der Waals surface area contributed by atoms with Crippen molar-refractivity contribution in [3.05, 3.63) is 27.7 Å². The molecule has 0 aliphatic rings. The lowest BCUT2D eigenvalue weighted by molar-refractivity contribution is -0.136. The molecule has 0 saturated carbocycles. The lowest BCUT2D eigenvalue weighted by Crippen LogP contribution is -2.04. The summed E-state index contributed by atoms with van der Waals surface area (Å²) in [6.07, 6.45) is -0.143. The lowest BCUT2D eigenvalue weighted by atomic mass is 10.1. The van der Waals surface area contributed by atoms with Crippen LogP contribution in [-0.4, -0.2) is 11.1 Å². The number of aliphatic carboxylic acids is 1. The molecule has 0 radical (unpaired) electrons. The van der Waals surface area contributed by atoms with Gasteiger partial charge >= 0.3 is 5.97 Å². The zero-order valence-electron chi connectivity index (χ0n) is 7.12. The van der Waals surface area contributed by atoms with Crippen LogP contribution in [0.2, 0.25) is 0 Å². The first-order valence-electron chi connectivity index (χ1n) is 3.74. The molecule has 1 rings (SSSR count). The zero-order valence-corrected chi connectivity index (χ0v) is 8.71. The quantitative estimate of drug-likeness (QED) is 0.784. The van der Waals surface area contributed by atoms with E-state index in [4.69, 9.17) is 16.1 Å². The standard InChI is InChI=1S/C9H7BrN2O2/c10-7-1-5(3-9(13)14)8(12)2-6(7)4-11/h1-2H,3,12H2,(H,13,14). The van der Waals surface area contributed by atoms with Gasteiger partial charge in [0.2, 0.25) is 0 Å². The van der Waals surface area contributed by atoms with Gasteiger partial charge in [0, 0.05) is 10.2 Å². The average Bonchev–Trinajstić information content (AvgIpc) is 2.10. The number of carbonyl (C=O) groups is 1. The van der Waals surface area contributed by atoms with Crippen LogP contribution in [0.25, 0.3) is 0 Å². The Kier molecular flexibility index (Phi) is 3.10. The van der Waals surface area contributed by atoms with Gasteiger partial charge in [-0.2, -0.15) is 5.26 Å². The molecule has 0 heterocycles. The number of anilines is 1. The molecule has 3 N–H and O–H groups in total. The highest BCUT2D eigenvalue weighted by Gasteiger charge is 2.08. The highest BCUT2D eigenvalue weighted by molar-refractivity contribution is 9.10. The maximum atomic E-state index is 10.5. The van der Waals surface area contributed by atoms with E-state index in [1.807, 2.05) is 6.07 Å². The number of halogens is 1. The predicted molar refractivity (Wildman–Crippen MR) is 54.6 cm³/mol. The van der Waals surface area contributed by atoms with E-state index in [0.29, 0.717) is 21.3 Å². The normalized spacial score (nSPS) is 9.43. The van der Waals surface area contributed by atoms with Gasteiger partial charge in [-0.25, -0.2) is 0 Å². The van der Waals surface area contributed by atoms with E-state index in [-0.39, 0.29) is 6.42 Å². The molecule has 0 aliphatic heterocycles. The molecule has 0 aromatic heterocycles. The number of hydrogen-bond acceptors (Lipinski definition) is 3. The third-order valence-corrected chi connectivity index (χ3v) is 2.35. The summed E-state index contributed by atoms with van der Waals surface area (Å²) >= 11 is 3.16. The Balaban J connectivity index is 3.16. The fourth-order valence-electron chi connectivity index (χ4n) is 1.03. The summed E-state index contributed by atoms with van der Waals surface area (Å²) in [5.74, 6) is -0.951. The van der Waals surface area contributed by atoms with Crippen molar-refractivity contribution in [1.82, 2.24) is 0 Å². The van der Waals surface area contributed by atoms with Crippen molar-refractivity contribution >= 4 is 27.6 Å². The fraction of sp³-hybridized carbons (Fsp3) is 0.111. The third-order valence-electron chi connectivity index (χ3n) is 1.69. The van der Waals surface area contributed by atoms with Gasteiger partial charge in [0.25, 0.3) is 0 Å². The van der Waals surface area contributed by atoms with Crippen LogP contribution in [-0.2, 0) is 11.2 Å². The molecule has 0 aliphatic carbocycles. The largest absolute Gasteiger partial charge is 0.481 e. The summed E-state index contributed by atoms with van der Waals surface area (Å²) in [6.45, 7) is 0. The molecule has 1 aromatic rings. The van der Waals surface area contributed by atoms with Crippen LogP contribution in [0.3, 0.4) is 0 Å². The van der Waals surface area contributed by atoms with Gasteiger partial charge in [0.1, 0.15) is 6.07 Å². The van der Waals surface area contributed by atoms with Gasteiger partial charge in [0.15, 0.2) is 0 Å². The molecule has 0 fully saturated rings. The Hall–Kier alpha value is -1.54. The fourth-order valence-corrected chi connectivity index (χ4v) is 1.51. The summed E-state index contributed by atoms with van der Waals surface area (Å²) in [6, 6.07) is 4.96. The third kappa shape index (κ3) is 2.24. The Morgan fingerprint density at radius 1 is 1.64 bits per heavy atom. The van der Waals surface area contributed by atoms with Crippen molar-refractivity contribution in [2.24, 2.45) is 0 Å². The number of nitrogen functional groups attached to an aromatic ring is 1. The predicted octanol–water partition coefficient (Wildman–Crippen LogP) is 1.53.